The van der Waals surface area contributed by atoms with E-state index in [-0.39, 0.29) is 24.4 Å². The number of amides is 4. The number of hydrogen-bond acceptors (Lipinski definition) is 2. The van der Waals surface area contributed by atoms with Crippen LogP contribution in [0.5, 0.6) is 0 Å². The van der Waals surface area contributed by atoms with Crippen LogP contribution in [0.3, 0.4) is 0 Å². The molecule has 0 aromatic heterocycles. The highest BCUT2D eigenvalue weighted by atomic mass is 16.2. The Bertz CT molecular complexity index is 713. The van der Waals surface area contributed by atoms with Crippen molar-refractivity contribution in [3.05, 3.63) is 60.7 Å². The number of para-hydroxylation sites is 2. The Morgan fingerprint density at radius 2 is 0.958 bits per heavy atom. The number of hydrogen-bond donors (Lipinski definition) is 0. The van der Waals surface area contributed by atoms with E-state index in [9.17, 15) is 9.59 Å². The smallest absolute Gasteiger partial charge is 0.270 e. The van der Waals surface area contributed by atoms with Gasteiger partial charge in [-0.3, -0.25) is 9.80 Å². The SMILES string of the molecule is CC1N(c2ccccc2)C(=O)N2C(C)N(c3ccccc3)C(=O)N12. The molecule has 2 aliphatic heterocycles. The molecule has 2 heterocycles. The second-order valence-electron chi connectivity index (χ2n) is 5.93. The predicted molar refractivity (Wildman–Crippen MR) is 91.2 cm³/mol. The topological polar surface area (TPSA) is 47.1 Å². The molecule has 0 bridgehead atoms. The number of hydrazine groups is 1. The monoisotopic (exact) mass is 322 g/mol. The van der Waals surface area contributed by atoms with E-state index in [2.05, 4.69) is 0 Å². The summed E-state index contributed by atoms with van der Waals surface area (Å²) in [6, 6.07) is 18.5. The molecule has 4 amide bonds. The van der Waals surface area contributed by atoms with Crippen molar-refractivity contribution in [2.45, 2.75) is 26.2 Å². The highest BCUT2D eigenvalue weighted by Crippen LogP contribution is 2.37. The largest absolute Gasteiger partial charge is 0.347 e. The summed E-state index contributed by atoms with van der Waals surface area (Å²) >= 11 is 0. The first-order chi connectivity index (χ1) is 11.6. The van der Waals surface area contributed by atoms with Crippen LogP contribution in [0.15, 0.2) is 60.7 Å². The number of carbonyl (C=O) groups excluding carboxylic acids is 2. The van der Waals surface area contributed by atoms with Gasteiger partial charge in [-0.05, 0) is 38.1 Å². The van der Waals surface area contributed by atoms with E-state index < -0.39 is 0 Å². The van der Waals surface area contributed by atoms with Gasteiger partial charge in [0.25, 0.3) is 0 Å². The van der Waals surface area contributed by atoms with Crippen LogP contribution in [0.2, 0.25) is 0 Å². The van der Waals surface area contributed by atoms with Gasteiger partial charge in [0, 0.05) is 11.4 Å². The zero-order chi connectivity index (χ0) is 16.8. The average molecular weight is 322 g/mol. The summed E-state index contributed by atoms with van der Waals surface area (Å²) in [4.78, 5) is 29.2. The van der Waals surface area contributed by atoms with Crippen LogP contribution in [0, 0.1) is 0 Å². The van der Waals surface area contributed by atoms with E-state index in [1.807, 2.05) is 74.5 Å². The van der Waals surface area contributed by atoms with Gasteiger partial charge in [-0.1, -0.05) is 36.4 Å². The van der Waals surface area contributed by atoms with E-state index in [0.29, 0.717) is 0 Å². The van der Waals surface area contributed by atoms with Gasteiger partial charge in [-0.2, -0.15) is 0 Å². The molecule has 24 heavy (non-hydrogen) atoms. The lowest BCUT2D eigenvalue weighted by Crippen LogP contribution is -2.44. The van der Waals surface area contributed by atoms with Gasteiger partial charge >= 0.3 is 12.1 Å². The summed E-state index contributed by atoms with van der Waals surface area (Å²) in [5.74, 6) is 0. The summed E-state index contributed by atoms with van der Waals surface area (Å²) in [6.45, 7) is 3.73. The minimum atomic E-state index is -0.372. The number of carbonyl (C=O) groups is 2. The lowest BCUT2D eigenvalue weighted by molar-refractivity contribution is 0.0795. The molecule has 2 fully saturated rings. The van der Waals surface area contributed by atoms with Crippen molar-refractivity contribution >= 4 is 23.4 Å². The summed E-state index contributed by atoms with van der Waals surface area (Å²) < 4.78 is 0. The second-order valence-corrected chi connectivity index (χ2v) is 5.93. The van der Waals surface area contributed by atoms with Gasteiger partial charge in [-0.25, -0.2) is 19.6 Å². The molecule has 2 saturated heterocycles. The minimum absolute atomic E-state index is 0.187. The van der Waals surface area contributed by atoms with Crippen LogP contribution in [-0.2, 0) is 0 Å². The van der Waals surface area contributed by atoms with E-state index in [4.69, 9.17) is 0 Å². The average Bonchev–Trinajstić information content (AvgIpc) is 3.02. The normalized spacial score (nSPS) is 23.2. The van der Waals surface area contributed by atoms with Crippen molar-refractivity contribution in [3.63, 3.8) is 0 Å². The van der Waals surface area contributed by atoms with Gasteiger partial charge in [0.15, 0.2) is 0 Å². The molecular weight excluding hydrogens is 304 g/mol. The molecule has 0 spiro atoms. The second kappa shape index (κ2) is 5.26. The fraction of sp³-hybridized carbons (Fsp3) is 0.222. The highest BCUT2D eigenvalue weighted by Gasteiger charge is 2.55. The maximum absolute atomic E-state index is 13.0. The number of rotatable bonds is 2. The van der Waals surface area contributed by atoms with E-state index in [1.165, 1.54) is 10.0 Å². The number of benzene rings is 2. The first-order valence-electron chi connectivity index (χ1n) is 7.96. The fourth-order valence-corrected chi connectivity index (χ4v) is 3.45. The number of anilines is 2. The third-order valence-corrected chi connectivity index (χ3v) is 4.56. The van der Waals surface area contributed by atoms with E-state index >= 15 is 0 Å². The van der Waals surface area contributed by atoms with Crippen molar-refractivity contribution in [3.8, 4) is 0 Å². The van der Waals surface area contributed by atoms with Crippen molar-refractivity contribution in [2.75, 3.05) is 9.80 Å². The Morgan fingerprint density at radius 3 is 1.29 bits per heavy atom. The summed E-state index contributed by atoms with van der Waals surface area (Å²) in [5, 5.41) is 3.07. The van der Waals surface area contributed by atoms with Gasteiger partial charge in [0.05, 0.1) is 0 Å². The van der Waals surface area contributed by atoms with Crippen molar-refractivity contribution in [1.29, 1.82) is 0 Å². The molecule has 6 heteroatoms. The maximum atomic E-state index is 13.0. The summed E-state index contributed by atoms with van der Waals surface area (Å²) in [6.07, 6.45) is -0.743. The van der Waals surface area contributed by atoms with E-state index in [1.54, 1.807) is 9.80 Å². The molecule has 0 radical (unpaired) electrons. The molecule has 2 unspecified atom stereocenters. The quantitative estimate of drug-likeness (QED) is 0.850. The molecule has 0 saturated carbocycles. The lowest BCUT2D eigenvalue weighted by Gasteiger charge is -2.26. The summed E-state index contributed by atoms with van der Waals surface area (Å²) in [5.41, 5.74) is 1.58. The first kappa shape index (κ1) is 14.6. The van der Waals surface area contributed by atoms with Gasteiger partial charge < -0.3 is 0 Å². The Morgan fingerprint density at radius 1 is 0.625 bits per heavy atom. The number of fused-ring (bicyclic) bond motifs is 1. The lowest BCUT2D eigenvalue weighted by atomic mass is 10.2. The van der Waals surface area contributed by atoms with Crippen molar-refractivity contribution in [2.24, 2.45) is 0 Å². The van der Waals surface area contributed by atoms with Gasteiger partial charge in [0.1, 0.15) is 12.3 Å². The van der Waals surface area contributed by atoms with E-state index in [0.717, 1.165) is 11.4 Å². The Balaban J connectivity index is 1.71. The molecule has 2 aromatic carbocycles. The molecule has 122 valence electrons. The zero-order valence-corrected chi connectivity index (χ0v) is 13.5. The number of urea groups is 2. The molecule has 4 rings (SSSR count). The molecule has 2 aliphatic rings. The molecule has 0 N–H and O–H groups in total. The predicted octanol–water partition coefficient (Wildman–Crippen LogP) is 3.48. The standard InChI is InChI=1S/C18H18N4O2/c1-13-19(15-9-5-3-6-10-15)17(23)22-14(2)20(18(24)21(13)22)16-11-7-4-8-12-16/h3-14H,1-2H3. The Kier molecular flexibility index (Phi) is 3.19. The number of nitrogens with zero attached hydrogens (tertiary/aromatic N) is 4. The van der Waals surface area contributed by atoms with Gasteiger partial charge in [-0.15, -0.1) is 0 Å². The van der Waals surface area contributed by atoms with Crippen LogP contribution >= 0.6 is 0 Å². The molecule has 2 aromatic rings. The Hall–Kier alpha value is -3.02. The van der Waals surface area contributed by atoms with Gasteiger partial charge in [0.2, 0.25) is 0 Å². The van der Waals surface area contributed by atoms with Crippen molar-refractivity contribution < 1.29 is 9.59 Å². The van der Waals surface area contributed by atoms with Crippen LogP contribution in [0.25, 0.3) is 0 Å². The minimum Gasteiger partial charge on any atom is -0.270 e. The molecule has 6 nitrogen and oxygen atoms in total. The summed E-state index contributed by atoms with van der Waals surface area (Å²) in [7, 11) is 0. The van der Waals surface area contributed by atoms with Crippen LogP contribution in [0.1, 0.15) is 13.8 Å². The fourth-order valence-electron chi connectivity index (χ4n) is 3.45. The third-order valence-electron chi connectivity index (χ3n) is 4.56. The van der Waals surface area contributed by atoms with Crippen LogP contribution < -0.4 is 9.80 Å². The van der Waals surface area contributed by atoms with Crippen LogP contribution in [-0.4, -0.2) is 34.4 Å². The van der Waals surface area contributed by atoms with Crippen LogP contribution in [0.4, 0.5) is 21.0 Å². The molecule has 0 aliphatic carbocycles. The maximum Gasteiger partial charge on any atom is 0.347 e. The van der Waals surface area contributed by atoms with Crippen molar-refractivity contribution in [1.82, 2.24) is 10.0 Å². The Labute approximate surface area is 140 Å². The molecule has 2 atom stereocenters. The highest BCUT2D eigenvalue weighted by molar-refractivity contribution is 6.04. The molecular formula is C18H18N4O2. The first-order valence-corrected chi connectivity index (χ1v) is 7.96. The zero-order valence-electron chi connectivity index (χ0n) is 13.5. The third kappa shape index (κ3) is 1.89.